The number of nitrogens with zero attached hydrogens (tertiary/aromatic N) is 2. The molecule has 1 heterocycles. The summed E-state index contributed by atoms with van der Waals surface area (Å²) in [5.74, 6) is -0.348. The Labute approximate surface area is 174 Å². The van der Waals surface area contributed by atoms with E-state index in [1.165, 1.54) is 52.1 Å². The van der Waals surface area contributed by atoms with Crippen LogP contribution in [0.3, 0.4) is 0 Å². The molecular weight excluding hydrogens is 406 g/mol. The highest BCUT2D eigenvalue weighted by Gasteiger charge is 2.22. The first-order valence-corrected chi connectivity index (χ1v) is 11.1. The van der Waals surface area contributed by atoms with E-state index in [1.54, 1.807) is 0 Å². The highest BCUT2D eigenvalue weighted by Crippen LogP contribution is 2.28. The van der Waals surface area contributed by atoms with E-state index >= 15 is 0 Å². The molecule has 1 amide bonds. The second-order valence-corrected chi connectivity index (χ2v) is 9.29. The van der Waals surface area contributed by atoms with Crippen LogP contribution in [0.1, 0.15) is 15.9 Å². The molecule has 0 aliphatic rings. The Morgan fingerprint density at radius 1 is 1.14 bits per heavy atom. The summed E-state index contributed by atoms with van der Waals surface area (Å²) in [7, 11) is -3.70. The second-order valence-electron chi connectivity index (χ2n) is 6.32. The number of aromatic nitrogens is 1. The SMILES string of the molecule is C=CCN(CC=C)S(=O)(=O)c1ccc(C(=O)Nc2nc3c(C)cccc3s2)cc1. The lowest BCUT2D eigenvalue weighted by molar-refractivity contribution is 0.102. The van der Waals surface area contributed by atoms with Gasteiger partial charge in [0.05, 0.1) is 15.1 Å². The number of hydrogen-bond acceptors (Lipinski definition) is 5. The van der Waals surface area contributed by atoms with Gasteiger partial charge >= 0.3 is 0 Å². The van der Waals surface area contributed by atoms with Crippen LogP contribution in [-0.4, -0.2) is 36.7 Å². The molecule has 1 aromatic heterocycles. The highest BCUT2D eigenvalue weighted by molar-refractivity contribution is 7.89. The molecule has 0 aliphatic heterocycles. The summed E-state index contributed by atoms with van der Waals surface area (Å²) in [5.41, 5.74) is 2.25. The number of carbonyl (C=O) groups is 1. The lowest BCUT2D eigenvalue weighted by Crippen LogP contribution is -2.31. The fourth-order valence-electron chi connectivity index (χ4n) is 2.80. The standard InChI is InChI=1S/C21H21N3O3S2/c1-4-13-24(14-5-2)29(26,27)17-11-9-16(10-12-17)20(25)23-21-22-19-15(3)7-6-8-18(19)28-21/h4-12H,1-2,13-14H2,3H3,(H,22,23,25). The van der Waals surface area contributed by atoms with Gasteiger partial charge in [0.2, 0.25) is 10.0 Å². The largest absolute Gasteiger partial charge is 0.298 e. The lowest BCUT2D eigenvalue weighted by atomic mass is 10.2. The zero-order chi connectivity index (χ0) is 21.0. The molecule has 0 atom stereocenters. The molecule has 0 saturated heterocycles. The molecular formula is C21H21N3O3S2. The number of thiazole rings is 1. The Hall–Kier alpha value is -2.81. The average molecular weight is 428 g/mol. The van der Waals surface area contributed by atoms with Gasteiger partial charge in [-0.05, 0) is 42.8 Å². The molecule has 0 aliphatic carbocycles. The topological polar surface area (TPSA) is 79.4 Å². The summed E-state index contributed by atoms with van der Waals surface area (Å²) in [5, 5.41) is 3.28. The summed E-state index contributed by atoms with van der Waals surface area (Å²) in [6, 6.07) is 11.7. The first-order valence-electron chi connectivity index (χ1n) is 8.86. The van der Waals surface area contributed by atoms with Crippen molar-refractivity contribution in [3.05, 3.63) is 78.9 Å². The van der Waals surface area contributed by atoms with E-state index in [0.29, 0.717) is 10.7 Å². The number of anilines is 1. The van der Waals surface area contributed by atoms with Crippen molar-refractivity contribution < 1.29 is 13.2 Å². The van der Waals surface area contributed by atoms with Crippen molar-refractivity contribution in [1.29, 1.82) is 0 Å². The van der Waals surface area contributed by atoms with Gasteiger partial charge in [0, 0.05) is 18.7 Å². The van der Waals surface area contributed by atoms with E-state index in [0.717, 1.165) is 15.8 Å². The van der Waals surface area contributed by atoms with Crippen molar-refractivity contribution in [2.45, 2.75) is 11.8 Å². The van der Waals surface area contributed by atoms with Crippen LogP contribution in [0.2, 0.25) is 0 Å². The van der Waals surface area contributed by atoms with Crippen molar-refractivity contribution in [1.82, 2.24) is 9.29 Å². The summed E-state index contributed by atoms with van der Waals surface area (Å²) in [4.78, 5) is 17.1. The van der Waals surface area contributed by atoms with E-state index in [-0.39, 0.29) is 23.9 Å². The van der Waals surface area contributed by atoms with E-state index in [1.807, 2.05) is 25.1 Å². The number of aryl methyl sites for hydroxylation is 1. The Kier molecular flexibility index (Phi) is 6.26. The first-order chi connectivity index (χ1) is 13.9. The van der Waals surface area contributed by atoms with Gasteiger partial charge in [0.15, 0.2) is 5.13 Å². The van der Waals surface area contributed by atoms with Gasteiger partial charge in [-0.25, -0.2) is 13.4 Å². The van der Waals surface area contributed by atoms with E-state index in [4.69, 9.17) is 0 Å². The van der Waals surface area contributed by atoms with Crippen LogP contribution in [0.5, 0.6) is 0 Å². The number of fused-ring (bicyclic) bond motifs is 1. The van der Waals surface area contributed by atoms with E-state index in [9.17, 15) is 13.2 Å². The maximum Gasteiger partial charge on any atom is 0.257 e. The summed E-state index contributed by atoms with van der Waals surface area (Å²) in [6.07, 6.45) is 3.03. The Bertz CT molecular complexity index is 1160. The van der Waals surface area contributed by atoms with Crippen LogP contribution >= 0.6 is 11.3 Å². The molecule has 8 heteroatoms. The molecule has 0 unspecified atom stereocenters. The van der Waals surface area contributed by atoms with Crippen LogP contribution < -0.4 is 5.32 Å². The minimum atomic E-state index is -3.70. The first kappa shape index (κ1) is 20.9. The second kappa shape index (κ2) is 8.69. The van der Waals surface area contributed by atoms with Gasteiger partial charge < -0.3 is 0 Å². The van der Waals surface area contributed by atoms with Crippen molar-refractivity contribution in [2.75, 3.05) is 18.4 Å². The molecule has 6 nitrogen and oxygen atoms in total. The molecule has 3 aromatic rings. The van der Waals surface area contributed by atoms with Gasteiger partial charge in [-0.2, -0.15) is 4.31 Å². The maximum absolute atomic E-state index is 12.7. The van der Waals surface area contributed by atoms with Crippen LogP contribution in [0.25, 0.3) is 10.2 Å². The number of sulfonamides is 1. The van der Waals surface area contributed by atoms with Crippen LogP contribution in [0.15, 0.2) is 72.7 Å². The minimum absolute atomic E-state index is 0.105. The van der Waals surface area contributed by atoms with E-state index in [2.05, 4.69) is 23.5 Å². The summed E-state index contributed by atoms with van der Waals surface area (Å²) >= 11 is 1.39. The molecule has 0 saturated carbocycles. The van der Waals surface area contributed by atoms with Gasteiger partial charge in [0.1, 0.15) is 0 Å². The fourth-order valence-corrected chi connectivity index (χ4v) is 5.12. The summed E-state index contributed by atoms with van der Waals surface area (Å²) in [6.45, 7) is 9.50. The maximum atomic E-state index is 12.7. The number of amides is 1. The van der Waals surface area contributed by atoms with Crippen LogP contribution in [0, 0.1) is 6.92 Å². The highest BCUT2D eigenvalue weighted by atomic mass is 32.2. The number of benzene rings is 2. The average Bonchev–Trinajstić information content (AvgIpc) is 3.12. The fraction of sp³-hybridized carbons (Fsp3) is 0.143. The number of carbonyl (C=O) groups excluding carboxylic acids is 1. The third-order valence-electron chi connectivity index (χ3n) is 4.26. The van der Waals surface area contributed by atoms with Gasteiger partial charge in [0.25, 0.3) is 5.91 Å². The normalized spacial score (nSPS) is 11.5. The molecule has 0 bridgehead atoms. The predicted molar refractivity (Wildman–Crippen MR) is 118 cm³/mol. The van der Waals surface area contributed by atoms with E-state index < -0.39 is 10.0 Å². The molecule has 1 N–H and O–H groups in total. The van der Waals surface area contributed by atoms with Crippen molar-refractivity contribution >= 4 is 42.6 Å². The molecule has 0 fully saturated rings. The zero-order valence-corrected chi connectivity index (χ0v) is 17.6. The monoisotopic (exact) mass is 427 g/mol. The molecule has 0 spiro atoms. The quantitative estimate of drug-likeness (QED) is 0.546. The molecule has 29 heavy (non-hydrogen) atoms. The zero-order valence-electron chi connectivity index (χ0n) is 16.0. The molecule has 150 valence electrons. The molecule has 3 rings (SSSR count). The van der Waals surface area contributed by atoms with Gasteiger partial charge in [-0.1, -0.05) is 35.6 Å². The lowest BCUT2D eigenvalue weighted by Gasteiger charge is -2.19. The van der Waals surface area contributed by atoms with Crippen molar-refractivity contribution in [2.24, 2.45) is 0 Å². The Balaban J connectivity index is 1.79. The smallest absolute Gasteiger partial charge is 0.257 e. The predicted octanol–water partition coefficient (Wildman–Crippen LogP) is 4.22. The van der Waals surface area contributed by atoms with Crippen LogP contribution in [0.4, 0.5) is 5.13 Å². The van der Waals surface area contributed by atoms with Crippen molar-refractivity contribution in [3.63, 3.8) is 0 Å². The minimum Gasteiger partial charge on any atom is -0.298 e. The van der Waals surface area contributed by atoms with Crippen LogP contribution in [-0.2, 0) is 10.0 Å². The third-order valence-corrected chi connectivity index (χ3v) is 7.04. The number of hydrogen-bond donors (Lipinski definition) is 1. The number of nitrogens with one attached hydrogen (secondary N) is 1. The Morgan fingerprint density at radius 2 is 1.79 bits per heavy atom. The number of rotatable bonds is 8. The Morgan fingerprint density at radius 3 is 2.38 bits per heavy atom. The number of para-hydroxylation sites is 1. The summed E-state index contributed by atoms with van der Waals surface area (Å²) < 4.78 is 27.7. The third kappa shape index (κ3) is 4.45. The molecule has 2 aromatic carbocycles. The van der Waals surface area contributed by atoms with Crippen molar-refractivity contribution in [3.8, 4) is 0 Å². The molecule has 0 radical (unpaired) electrons. The van der Waals surface area contributed by atoms with Gasteiger partial charge in [-0.15, -0.1) is 13.2 Å². The van der Waals surface area contributed by atoms with Gasteiger partial charge in [-0.3, -0.25) is 10.1 Å².